The largest absolute Gasteiger partial charge is 0.497 e. The highest BCUT2D eigenvalue weighted by Crippen LogP contribution is 2.48. The van der Waals surface area contributed by atoms with Gasteiger partial charge in [-0.05, 0) is 43.0 Å². The van der Waals surface area contributed by atoms with Crippen molar-refractivity contribution in [3.8, 4) is 5.75 Å². The summed E-state index contributed by atoms with van der Waals surface area (Å²) in [6.07, 6.45) is 0.331. The van der Waals surface area contributed by atoms with Gasteiger partial charge in [0.2, 0.25) is 0 Å². The van der Waals surface area contributed by atoms with Crippen molar-refractivity contribution in [1.29, 1.82) is 0 Å². The molecule has 0 bridgehead atoms. The van der Waals surface area contributed by atoms with Gasteiger partial charge in [0.1, 0.15) is 5.75 Å². The van der Waals surface area contributed by atoms with Gasteiger partial charge in [-0.1, -0.05) is 6.92 Å². The first-order valence-electron chi connectivity index (χ1n) is 7.74. The number of benzene rings is 1. The number of esters is 2. The van der Waals surface area contributed by atoms with Gasteiger partial charge in [0.15, 0.2) is 11.2 Å². The Morgan fingerprint density at radius 3 is 1.96 bits per heavy atom. The van der Waals surface area contributed by atoms with Gasteiger partial charge in [0, 0.05) is 11.5 Å². The maximum Gasteiger partial charge on any atom is 0.323 e. The molecule has 2 atom stereocenters. The quantitative estimate of drug-likeness (QED) is 0.467. The van der Waals surface area contributed by atoms with Gasteiger partial charge in [0.25, 0.3) is 0 Å². The third-order valence-electron chi connectivity index (χ3n) is 4.79. The van der Waals surface area contributed by atoms with E-state index < -0.39 is 23.3 Å². The molecule has 1 aromatic rings. The highest BCUT2D eigenvalue weighted by Gasteiger charge is 2.57. The van der Waals surface area contributed by atoms with Gasteiger partial charge in [-0.15, -0.1) is 0 Å². The molecule has 0 heterocycles. The van der Waals surface area contributed by atoms with E-state index in [1.54, 1.807) is 31.4 Å². The Balaban J connectivity index is 2.29. The fourth-order valence-electron chi connectivity index (χ4n) is 3.48. The summed E-state index contributed by atoms with van der Waals surface area (Å²) in [7, 11) is 4.02. The first kappa shape index (κ1) is 18.0. The molecule has 1 aliphatic carbocycles. The normalized spacial score (nSPS) is 21.8. The SMILES string of the molecule is COC(=O)C1(C(=O)OC)C[C@@H](C)[C@H](C(=O)c2ccc(OC)cc2)C1. The van der Waals surface area contributed by atoms with E-state index in [1.165, 1.54) is 14.2 Å². The summed E-state index contributed by atoms with van der Waals surface area (Å²) >= 11 is 0. The zero-order chi connectivity index (χ0) is 17.9. The standard InChI is InChI=1S/C18H22O6/c1-11-9-18(16(20)23-3,17(21)24-4)10-14(11)15(19)12-5-7-13(22-2)8-6-12/h5-8,11,14H,9-10H2,1-4H3/t11-,14-/m1/s1. The third-order valence-corrected chi connectivity index (χ3v) is 4.79. The number of carbonyl (C=O) groups excluding carboxylic acids is 3. The van der Waals surface area contributed by atoms with E-state index >= 15 is 0 Å². The average Bonchev–Trinajstić information content (AvgIpc) is 2.98. The molecule has 0 aliphatic heterocycles. The number of ether oxygens (including phenoxy) is 3. The minimum Gasteiger partial charge on any atom is -0.497 e. The molecular weight excluding hydrogens is 312 g/mol. The fraction of sp³-hybridized carbons (Fsp3) is 0.500. The number of rotatable bonds is 5. The van der Waals surface area contributed by atoms with Crippen LogP contribution in [0, 0.1) is 17.3 Å². The lowest BCUT2D eigenvalue weighted by molar-refractivity contribution is -0.169. The van der Waals surface area contributed by atoms with E-state index in [1.807, 2.05) is 6.92 Å². The average molecular weight is 334 g/mol. The van der Waals surface area contributed by atoms with Gasteiger partial charge in [0.05, 0.1) is 21.3 Å². The number of carbonyl (C=O) groups is 3. The molecule has 0 spiro atoms. The van der Waals surface area contributed by atoms with Crippen LogP contribution >= 0.6 is 0 Å². The Bertz CT molecular complexity index is 617. The van der Waals surface area contributed by atoms with Crippen LogP contribution in [0.25, 0.3) is 0 Å². The Hall–Kier alpha value is -2.37. The summed E-state index contributed by atoms with van der Waals surface area (Å²) < 4.78 is 14.7. The van der Waals surface area contributed by atoms with Gasteiger partial charge < -0.3 is 14.2 Å². The van der Waals surface area contributed by atoms with Gasteiger partial charge >= 0.3 is 11.9 Å². The molecule has 0 radical (unpaired) electrons. The second-order valence-electron chi connectivity index (χ2n) is 6.15. The lowest BCUT2D eigenvalue weighted by Gasteiger charge is -2.23. The first-order chi connectivity index (χ1) is 11.4. The van der Waals surface area contributed by atoms with Crippen molar-refractivity contribution >= 4 is 17.7 Å². The molecule has 0 aromatic heterocycles. The fourth-order valence-corrected chi connectivity index (χ4v) is 3.48. The predicted octanol–water partition coefficient (Wildman–Crippen LogP) is 2.26. The van der Waals surface area contributed by atoms with Gasteiger partial charge in [-0.3, -0.25) is 14.4 Å². The second-order valence-corrected chi connectivity index (χ2v) is 6.15. The molecule has 1 fully saturated rings. The molecular formula is C18H22O6. The molecule has 130 valence electrons. The summed E-state index contributed by atoms with van der Waals surface area (Å²) in [5.74, 6) is -1.32. The topological polar surface area (TPSA) is 78.9 Å². The van der Waals surface area contributed by atoms with E-state index in [-0.39, 0.29) is 24.5 Å². The Kier molecular flexibility index (Phi) is 5.26. The number of Topliss-reactive ketones (excluding diaryl/α,β-unsaturated/α-hetero) is 1. The number of hydrogen-bond acceptors (Lipinski definition) is 6. The van der Waals surface area contributed by atoms with Crippen molar-refractivity contribution in [3.05, 3.63) is 29.8 Å². The molecule has 1 saturated carbocycles. The number of methoxy groups -OCH3 is 3. The van der Waals surface area contributed by atoms with E-state index in [4.69, 9.17) is 14.2 Å². The van der Waals surface area contributed by atoms with Crippen LogP contribution < -0.4 is 4.74 Å². The molecule has 1 aromatic carbocycles. The van der Waals surface area contributed by atoms with E-state index in [9.17, 15) is 14.4 Å². The van der Waals surface area contributed by atoms with Crippen molar-refractivity contribution in [1.82, 2.24) is 0 Å². The van der Waals surface area contributed by atoms with Crippen molar-refractivity contribution in [2.45, 2.75) is 19.8 Å². The lowest BCUT2D eigenvalue weighted by atomic mass is 9.84. The van der Waals surface area contributed by atoms with Crippen molar-refractivity contribution in [3.63, 3.8) is 0 Å². The highest BCUT2D eigenvalue weighted by molar-refractivity contribution is 6.04. The first-order valence-corrected chi connectivity index (χ1v) is 7.74. The third kappa shape index (κ3) is 3.00. The Morgan fingerprint density at radius 2 is 1.50 bits per heavy atom. The summed E-state index contributed by atoms with van der Waals surface area (Å²) in [5, 5.41) is 0. The molecule has 0 N–H and O–H groups in total. The van der Waals surface area contributed by atoms with Crippen LogP contribution in [0.3, 0.4) is 0 Å². The van der Waals surface area contributed by atoms with Gasteiger partial charge in [-0.2, -0.15) is 0 Å². The zero-order valence-corrected chi connectivity index (χ0v) is 14.3. The zero-order valence-electron chi connectivity index (χ0n) is 14.3. The Morgan fingerprint density at radius 1 is 0.958 bits per heavy atom. The number of ketones is 1. The minimum atomic E-state index is -1.41. The predicted molar refractivity (Wildman–Crippen MR) is 85.7 cm³/mol. The van der Waals surface area contributed by atoms with Crippen LogP contribution in [0.15, 0.2) is 24.3 Å². The van der Waals surface area contributed by atoms with Gasteiger partial charge in [-0.25, -0.2) is 0 Å². The van der Waals surface area contributed by atoms with E-state index in [0.29, 0.717) is 11.3 Å². The van der Waals surface area contributed by atoms with Crippen molar-refractivity contribution < 1.29 is 28.6 Å². The molecule has 2 rings (SSSR count). The molecule has 24 heavy (non-hydrogen) atoms. The Labute approximate surface area is 141 Å². The monoisotopic (exact) mass is 334 g/mol. The molecule has 6 heteroatoms. The van der Waals surface area contributed by atoms with Crippen molar-refractivity contribution in [2.24, 2.45) is 17.3 Å². The summed E-state index contributed by atoms with van der Waals surface area (Å²) in [6.45, 7) is 1.86. The minimum absolute atomic E-state index is 0.0956. The lowest BCUT2D eigenvalue weighted by Crippen LogP contribution is -2.39. The van der Waals surface area contributed by atoms with Crippen molar-refractivity contribution in [2.75, 3.05) is 21.3 Å². The van der Waals surface area contributed by atoms with Crippen LogP contribution in [0.1, 0.15) is 30.1 Å². The molecule has 0 unspecified atom stereocenters. The summed E-state index contributed by atoms with van der Waals surface area (Å²) in [6, 6.07) is 6.79. The van der Waals surface area contributed by atoms with Crippen LogP contribution in [0.5, 0.6) is 5.75 Å². The van der Waals surface area contributed by atoms with Crippen LogP contribution in [0.2, 0.25) is 0 Å². The molecule has 1 aliphatic rings. The van der Waals surface area contributed by atoms with Crippen LogP contribution in [-0.4, -0.2) is 39.1 Å². The van der Waals surface area contributed by atoms with Crippen LogP contribution in [-0.2, 0) is 19.1 Å². The molecule has 0 amide bonds. The van der Waals surface area contributed by atoms with E-state index in [0.717, 1.165) is 0 Å². The molecule has 0 saturated heterocycles. The molecule has 6 nitrogen and oxygen atoms in total. The second kappa shape index (κ2) is 7.03. The smallest absolute Gasteiger partial charge is 0.323 e. The maximum absolute atomic E-state index is 12.8. The highest BCUT2D eigenvalue weighted by atomic mass is 16.5. The maximum atomic E-state index is 12.8. The summed E-state index contributed by atoms with van der Waals surface area (Å²) in [5.41, 5.74) is -0.881. The number of hydrogen-bond donors (Lipinski definition) is 0. The summed E-state index contributed by atoms with van der Waals surface area (Å²) in [4.78, 5) is 37.3. The van der Waals surface area contributed by atoms with E-state index in [2.05, 4.69) is 0 Å². The van der Waals surface area contributed by atoms with Crippen LogP contribution in [0.4, 0.5) is 0 Å².